The molecule has 1 atom stereocenters. The second-order valence-electron chi connectivity index (χ2n) is 8.49. The Hall–Kier alpha value is -1.91. The van der Waals surface area contributed by atoms with Crippen LogP contribution in [0, 0.1) is 0 Å². The van der Waals surface area contributed by atoms with Gasteiger partial charge in [0.2, 0.25) is 0 Å². The Balaban J connectivity index is 1.46. The third-order valence-corrected chi connectivity index (χ3v) is 6.75. The number of ether oxygens (including phenoxy) is 1. The molecule has 1 saturated carbocycles. The van der Waals surface area contributed by atoms with E-state index in [4.69, 9.17) is 9.72 Å². The summed E-state index contributed by atoms with van der Waals surface area (Å²) in [6.45, 7) is 2.74. The van der Waals surface area contributed by atoms with Crippen LogP contribution in [0.3, 0.4) is 0 Å². The molecule has 2 fully saturated rings. The Morgan fingerprint density at radius 3 is 2.64 bits per heavy atom. The Morgan fingerprint density at radius 2 is 1.86 bits per heavy atom. The Kier molecular flexibility index (Phi) is 5.98. The van der Waals surface area contributed by atoms with E-state index in [1.807, 2.05) is 19.3 Å². The first-order valence-electron chi connectivity index (χ1n) is 10.8. The van der Waals surface area contributed by atoms with Gasteiger partial charge in [0.05, 0.1) is 5.60 Å². The molecule has 0 amide bonds. The summed E-state index contributed by atoms with van der Waals surface area (Å²) < 4.78 is 6.35. The molecule has 2 heterocycles. The van der Waals surface area contributed by atoms with E-state index in [-0.39, 0.29) is 11.0 Å². The first-order chi connectivity index (χ1) is 13.8. The number of pyridine rings is 1. The Morgan fingerprint density at radius 1 is 1.04 bits per heavy atom. The van der Waals surface area contributed by atoms with Crippen molar-refractivity contribution in [1.82, 2.24) is 10.3 Å². The van der Waals surface area contributed by atoms with Crippen LogP contribution in [0.5, 0.6) is 0 Å². The molecular weight excluding hydrogens is 346 g/mol. The zero-order valence-electron chi connectivity index (χ0n) is 17.0. The molecule has 4 nitrogen and oxygen atoms in total. The molecule has 1 aromatic carbocycles. The monoisotopic (exact) mass is 379 g/mol. The third kappa shape index (κ3) is 4.08. The number of anilines is 1. The predicted octanol–water partition coefficient (Wildman–Crippen LogP) is 4.66. The molecule has 1 aliphatic heterocycles. The summed E-state index contributed by atoms with van der Waals surface area (Å²) in [6.07, 6.45) is 10.3. The van der Waals surface area contributed by atoms with Crippen LogP contribution in [0.1, 0.15) is 56.2 Å². The van der Waals surface area contributed by atoms with Gasteiger partial charge in [-0.1, -0.05) is 37.1 Å². The van der Waals surface area contributed by atoms with Crippen molar-refractivity contribution >= 4 is 5.69 Å². The van der Waals surface area contributed by atoms with Gasteiger partial charge < -0.3 is 15.4 Å². The van der Waals surface area contributed by atoms with Crippen molar-refractivity contribution in [3.8, 4) is 0 Å². The van der Waals surface area contributed by atoms with Crippen molar-refractivity contribution in [3.63, 3.8) is 0 Å². The fraction of sp³-hybridized carbons (Fsp3) is 0.542. The molecule has 4 heteroatoms. The summed E-state index contributed by atoms with van der Waals surface area (Å²) in [5.41, 5.74) is 3.98. The van der Waals surface area contributed by atoms with Gasteiger partial charge in [-0.05, 0) is 62.4 Å². The van der Waals surface area contributed by atoms with Crippen LogP contribution in [0.15, 0.2) is 48.7 Å². The van der Waals surface area contributed by atoms with E-state index in [0.29, 0.717) is 0 Å². The zero-order valence-corrected chi connectivity index (χ0v) is 17.0. The second kappa shape index (κ2) is 8.62. The second-order valence-corrected chi connectivity index (χ2v) is 8.49. The van der Waals surface area contributed by atoms with Gasteiger partial charge in [-0.2, -0.15) is 0 Å². The van der Waals surface area contributed by atoms with Crippen molar-refractivity contribution in [2.45, 2.75) is 62.5 Å². The zero-order chi connectivity index (χ0) is 19.3. The van der Waals surface area contributed by atoms with Crippen LogP contribution >= 0.6 is 0 Å². The number of nitrogens with one attached hydrogen (secondary N) is 2. The lowest BCUT2D eigenvalue weighted by molar-refractivity contribution is -0.104. The number of para-hydroxylation sites is 1. The molecule has 28 heavy (non-hydrogen) atoms. The van der Waals surface area contributed by atoms with Crippen molar-refractivity contribution in [2.24, 2.45) is 0 Å². The highest BCUT2D eigenvalue weighted by atomic mass is 16.5. The fourth-order valence-corrected chi connectivity index (χ4v) is 5.27. The minimum Gasteiger partial charge on any atom is -0.388 e. The van der Waals surface area contributed by atoms with E-state index in [1.165, 1.54) is 42.6 Å². The van der Waals surface area contributed by atoms with Crippen LogP contribution in [0.4, 0.5) is 5.69 Å². The number of hydrogen-bond donors (Lipinski definition) is 2. The molecule has 1 saturated heterocycles. The summed E-state index contributed by atoms with van der Waals surface area (Å²) in [5, 5.41) is 6.97. The minimum absolute atomic E-state index is 0.0918. The summed E-state index contributed by atoms with van der Waals surface area (Å²) in [4.78, 5) is 4.80. The summed E-state index contributed by atoms with van der Waals surface area (Å²) >= 11 is 0. The van der Waals surface area contributed by atoms with Gasteiger partial charge >= 0.3 is 0 Å². The van der Waals surface area contributed by atoms with Crippen LogP contribution in [-0.4, -0.2) is 30.8 Å². The van der Waals surface area contributed by atoms with Crippen LogP contribution in [0.2, 0.25) is 0 Å². The molecule has 150 valence electrons. The molecular formula is C24H33N3O. The SMILES string of the molecule is CNc1ccccc1CNCCC1(c2ccccn2)CCOC2(CCCC2)C1. The number of nitrogens with zero attached hydrogens (tertiary/aromatic N) is 1. The molecule has 2 N–H and O–H groups in total. The molecule has 4 rings (SSSR count). The van der Waals surface area contributed by atoms with Gasteiger partial charge in [0.1, 0.15) is 0 Å². The lowest BCUT2D eigenvalue weighted by atomic mass is 9.68. The maximum absolute atomic E-state index is 6.35. The van der Waals surface area contributed by atoms with E-state index >= 15 is 0 Å². The van der Waals surface area contributed by atoms with Crippen molar-refractivity contribution in [3.05, 3.63) is 59.9 Å². The van der Waals surface area contributed by atoms with E-state index in [1.54, 1.807) is 0 Å². The summed E-state index contributed by atoms with van der Waals surface area (Å²) in [5.74, 6) is 0. The van der Waals surface area contributed by atoms with Crippen LogP contribution < -0.4 is 10.6 Å². The molecule has 2 aliphatic rings. The van der Waals surface area contributed by atoms with Crippen LogP contribution in [0.25, 0.3) is 0 Å². The highest BCUT2D eigenvalue weighted by Gasteiger charge is 2.48. The summed E-state index contributed by atoms with van der Waals surface area (Å²) in [6, 6.07) is 14.9. The molecule has 0 bridgehead atoms. The number of hydrogen-bond acceptors (Lipinski definition) is 4. The lowest BCUT2D eigenvalue weighted by Gasteiger charge is -2.46. The van der Waals surface area contributed by atoms with Gasteiger partial charge in [0, 0.05) is 43.2 Å². The smallest absolute Gasteiger partial charge is 0.0691 e. The number of rotatable bonds is 7. The topological polar surface area (TPSA) is 46.2 Å². The normalized spacial score (nSPS) is 23.8. The largest absolute Gasteiger partial charge is 0.388 e. The average molecular weight is 380 g/mol. The highest BCUT2D eigenvalue weighted by molar-refractivity contribution is 5.50. The molecule has 1 spiro atoms. The first-order valence-corrected chi connectivity index (χ1v) is 10.8. The van der Waals surface area contributed by atoms with Crippen molar-refractivity contribution in [1.29, 1.82) is 0 Å². The minimum atomic E-state index is 0.0918. The average Bonchev–Trinajstić information content (AvgIpc) is 3.19. The first kappa shape index (κ1) is 19.4. The Bertz CT molecular complexity index is 757. The molecule has 1 aliphatic carbocycles. The van der Waals surface area contributed by atoms with E-state index in [2.05, 4.69) is 47.0 Å². The van der Waals surface area contributed by atoms with Crippen molar-refractivity contribution in [2.75, 3.05) is 25.5 Å². The maximum atomic E-state index is 6.35. The molecule has 2 aromatic rings. The van der Waals surface area contributed by atoms with Gasteiger partial charge in [0.25, 0.3) is 0 Å². The number of aromatic nitrogens is 1. The van der Waals surface area contributed by atoms with Crippen molar-refractivity contribution < 1.29 is 4.74 Å². The van der Waals surface area contributed by atoms with Gasteiger partial charge in [0.15, 0.2) is 0 Å². The molecule has 1 unspecified atom stereocenters. The Labute approximate surface area is 169 Å². The van der Waals surface area contributed by atoms with E-state index in [0.717, 1.165) is 39.0 Å². The van der Waals surface area contributed by atoms with Gasteiger partial charge in [-0.3, -0.25) is 4.98 Å². The molecule has 0 radical (unpaired) electrons. The highest BCUT2D eigenvalue weighted by Crippen LogP contribution is 2.49. The lowest BCUT2D eigenvalue weighted by Crippen LogP contribution is -2.47. The predicted molar refractivity (Wildman–Crippen MR) is 115 cm³/mol. The third-order valence-electron chi connectivity index (χ3n) is 6.75. The van der Waals surface area contributed by atoms with E-state index in [9.17, 15) is 0 Å². The van der Waals surface area contributed by atoms with Gasteiger partial charge in [-0.25, -0.2) is 0 Å². The number of benzene rings is 1. The quantitative estimate of drug-likeness (QED) is 0.687. The van der Waals surface area contributed by atoms with Gasteiger partial charge in [-0.15, -0.1) is 0 Å². The fourth-order valence-electron chi connectivity index (χ4n) is 5.27. The standard InChI is InChI=1S/C24H33N3O/c1-25-21-9-3-2-8-20(21)18-26-16-13-23(22-10-4-7-15-27-22)14-17-28-24(19-23)11-5-6-12-24/h2-4,7-10,15,25-26H,5-6,11-14,16-19H2,1H3. The summed E-state index contributed by atoms with van der Waals surface area (Å²) in [7, 11) is 1.98. The maximum Gasteiger partial charge on any atom is 0.0691 e. The molecule has 1 aromatic heterocycles. The van der Waals surface area contributed by atoms with E-state index < -0.39 is 0 Å². The van der Waals surface area contributed by atoms with Crippen LogP contribution in [-0.2, 0) is 16.7 Å².